The summed E-state index contributed by atoms with van der Waals surface area (Å²) in [5, 5.41) is 4.15. The fraction of sp³-hybridized carbons (Fsp3) is 0.125. The number of nitrogens with one attached hydrogen (secondary N) is 1. The third-order valence-electron chi connectivity index (χ3n) is 3.45. The summed E-state index contributed by atoms with van der Waals surface area (Å²) in [5.74, 6) is -0.212. The van der Waals surface area contributed by atoms with Crippen molar-refractivity contribution in [2.75, 3.05) is 4.72 Å². The maximum atomic E-state index is 13.4. The molecule has 0 atom stereocenters. The molecule has 9 heteroatoms. The van der Waals surface area contributed by atoms with E-state index < -0.39 is 15.8 Å². The lowest BCUT2D eigenvalue weighted by atomic mass is 10.2. The molecule has 0 saturated carbocycles. The molecule has 3 rings (SSSR count). The van der Waals surface area contributed by atoms with Crippen molar-refractivity contribution >= 4 is 27.3 Å². The zero-order chi connectivity index (χ0) is 18.2. The summed E-state index contributed by atoms with van der Waals surface area (Å²) in [7, 11) is -3.98. The topological polar surface area (TPSA) is 76.9 Å². The molecule has 0 aliphatic carbocycles. The third kappa shape index (κ3) is 3.49. The van der Waals surface area contributed by atoms with Crippen molar-refractivity contribution in [3.05, 3.63) is 64.7 Å². The van der Waals surface area contributed by atoms with Gasteiger partial charge in [-0.05, 0) is 55.3 Å². The minimum Gasteiger partial charge on any atom is -0.278 e. The molecule has 6 nitrogen and oxygen atoms in total. The Morgan fingerprint density at radius 2 is 1.96 bits per heavy atom. The number of aromatic nitrogens is 3. The Hall–Kier alpha value is -2.45. The van der Waals surface area contributed by atoms with Crippen LogP contribution in [-0.2, 0) is 10.0 Å². The van der Waals surface area contributed by atoms with E-state index in [0.29, 0.717) is 5.56 Å². The summed E-state index contributed by atoms with van der Waals surface area (Å²) in [4.78, 5) is 4.15. The number of hydrogen-bond donors (Lipinski definition) is 1. The Morgan fingerprint density at radius 1 is 1.20 bits per heavy atom. The summed E-state index contributed by atoms with van der Waals surface area (Å²) < 4.78 is 42.3. The largest absolute Gasteiger partial charge is 0.279 e. The van der Waals surface area contributed by atoms with Gasteiger partial charge in [0.1, 0.15) is 5.82 Å². The average Bonchev–Trinajstić information content (AvgIpc) is 3.01. The van der Waals surface area contributed by atoms with Crippen LogP contribution in [0.1, 0.15) is 11.1 Å². The number of benzene rings is 1. The van der Waals surface area contributed by atoms with Crippen molar-refractivity contribution in [2.45, 2.75) is 18.9 Å². The molecule has 0 fully saturated rings. The summed E-state index contributed by atoms with van der Waals surface area (Å²) >= 11 is 6.16. The van der Waals surface area contributed by atoms with Crippen LogP contribution in [0, 0.1) is 19.7 Å². The Kier molecular flexibility index (Phi) is 4.49. The van der Waals surface area contributed by atoms with Crippen molar-refractivity contribution < 1.29 is 12.8 Å². The quantitative estimate of drug-likeness (QED) is 0.751. The van der Waals surface area contributed by atoms with Gasteiger partial charge in [0.25, 0.3) is 10.0 Å². The Bertz CT molecular complexity index is 1050. The highest BCUT2D eigenvalue weighted by atomic mass is 35.5. The monoisotopic (exact) mass is 380 g/mol. The van der Waals surface area contributed by atoms with E-state index in [2.05, 4.69) is 14.8 Å². The van der Waals surface area contributed by atoms with Gasteiger partial charge in [0.2, 0.25) is 0 Å². The van der Waals surface area contributed by atoms with Crippen LogP contribution >= 0.6 is 11.6 Å². The van der Waals surface area contributed by atoms with Gasteiger partial charge in [-0.15, -0.1) is 0 Å². The lowest BCUT2D eigenvalue weighted by molar-refractivity contribution is 0.590. The Morgan fingerprint density at radius 3 is 2.64 bits per heavy atom. The molecule has 2 heterocycles. The first-order valence-electron chi connectivity index (χ1n) is 7.23. The Labute approximate surface area is 149 Å². The number of pyridine rings is 1. The Balaban J connectivity index is 2.01. The van der Waals surface area contributed by atoms with Gasteiger partial charge in [0.15, 0.2) is 10.8 Å². The minimum absolute atomic E-state index is 0.132. The van der Waals surface area contributed by atoms with Gasteiger partial charge in [0, 0.05) is 11.9 Å². The number of aryl methyl sites for hydroxylation is 2. The van der Waals surface area contributed by atoms with Crippen LogP contribution in [0.4, 0.5) is 10.1 Å². The highest BCUT2D eigenvalue weighted by Crippen LogP contribution is 2.24. The molecule has 0 saturated heterocycles. The molecule has 0 radical (unpaired) electrons. The molecule has 0 unspecified atom stereocenters. The van der Waals surface area contributed by atoms with Gasteiger partial charge in [-0.25, -0.2) is 14.1 Å². The van der Waals surface area contributed by atoms with E-state index in [1.807, 2.05) is 6.92 Å². The van der Waals surface area contributed by atoms with Gasteiger partial charge >= 0.3 is 0 Å². The third-order valence-corrected chi connectivity index (χ3v) is 5.09. The first kappa shape index (κ1) is 17.4. The van der Waals surface area contributed by atoms with Gasteiger partial charge in [-0.1, -0.05) is 11.6 Å². The number of nitrogens with zero attached hydrogens (tertiary/aromatic N) is 3. The van der Waals surface area contributed by atoms with E-state index >= 15 is 0 Å². The summed E-state index contributed by atoms with van der Waals surface area (Å²) in [5.41, 5.74) is 1.41. The number of halogens is 2. The number of anilines is 1. The van der Waals surface area contributed by atoms with E-state index in [-0.39, 0.29) is 21.6 Å². The molecule has 1 aromatic carbocycles. The van der Waals surface area contributed by atoms with Crippen LogP contribution < -0.4 is 4.72 Å². The van der Waals surface area contributed by atoms with E-state index in [1.165, 1.54) is 30.5 Å². The van der Waals surface area contributed by atoms with Gasteiger partial charge < -0.3 is 0 Å². The summed E-state index contributed by atoms with van der Waals surface area (Å²) in [6, 6.07) is 6.95. The fourth-order valence-electron chi connectivity index (χ4n) is 2.25. The highest BCUT2D eigenvalue weighted by molar-refractivity contribution is 7.92. The molecule has 130 valence electrons. The van der Waals surface area contributed by atoms with Crippen LogP contribution in [0.15, 0.2) is 47.8 Å². The minimum atomic E-state index is -3.98. The van der Waals surface area contributed by atoms with Crippen LogP contribution in [0.2, 0.25) is 5.02 Å². The van der Waals surface area contributed by atoms with Crippen LogP contribution in [0.5, 0.6) is 0 Å². The van der Waals surface area contributed by atoms with Crippen molar-refractivity contribution in [3.63, 3.8) is 0 Å². The van der Waals surface area contributed by atoms with E-state index in [9.17, 15) is 12.8 Å². The smallest absolute Gasteiger partial charge is 0.278 e. The molecule has 0 aliphatic heterocycles. The van der Waals surface area contributed by atoms with E-state index in [0.717, 1.165) is 10.2 Å². The number of sulfonamides is 1. The van der Waals surface area contributed by atoms with E-state index in [1.54, 1.807) is 19.2 Å². The maximum Gasteiger partial charge on any atom is 0.279 e. The van der Waals surface area contributed by atoms with Gasteiger partial charge in [-0.2, -0.15) is 13.5 Å². The molecule has 0 spiro atoms. The van der Waals surface area contributed by atoms with Crippen molar-refractivity contribution in [2.24, 2.45) is 0 Å². The predicted octanol–water partition coefficient (Wildman–Crippen LogP) is 3.48. The van der Waals surface area contributed by atoms with Gasteiger partial charge in [-0.3, -0.25) is 4.72 Å². The van der Waals surface area contributed by atoms with Gasteiger partial charge in [0.05, 0.1) is 11.2 Å². The highest BCUT2D eigenvalue weighted by Gasteiger charge is 2.22. The molecule has 2 aromatic heterocycles. The van der Waals surface area contributed by atoms with Crippen molar-refractivity contribution in [1.82, 2.24) is 14.8 Å². The maximum absolute atomic E-state index is 13.4. The molecule has 0 amide bonds. The summed E-state index contributed by atoms with van der Waals surface area (Å²) in [6.07, 6.45) is 2.90. The standard InChI is InChI=1S/C16H14ClFN4O2S/c1-10-7-13(17)16(19-9-10)22-15(5-6-20-22)25(23,24)21-12-3-4-14(18)11(2)8-12/h3-9,21H,1-2H3. The molecular weight excluding hydrogens is 367 g/mol. The van der Waals surface area contributed by atoms with Crippen LogP contribution in [0.25, 0.3) is 5.82 Å². The first-order chi connectivity index (χ1) is 11.8. The average molecular weight is 381 g/mol. The molecule has 1 N–H and O–H groups in total. The number of rotatable bonds is 4. The normalized spacial score (nSPS) is 11.5. The molecule has 0 aliphatic rings. The molecule has 0 bridgehead atoms. The molecular formula is C16H14ClFN4O2S. The SMILES string of the molecule is Cc1cnc(-n2nccc2S(=O)(=O)Nc2ccc(F)c(C)c2)c(Cl)c1. The predicted molar refractivity (Wildman–Crippen MR) is 93.1 cm³/mol. The zero-order valence-corrected chi connectivity index (χ0v) is 14.9. The lowest BCUT2D eigenvalue weighted by Crippen LogP contribution is -2.18. The summed E-state index contributed by atoms with van der Waals surface area (Å²) in [6.45, 7) is 3.37. The fourth-order valence-corrected chi connectivity index (χ4v) is 3.70. The van der Waals surface area contributed by atoms with E-state index in [4.69, 9.17) is 11.6 Å². The lowest BCUT2D eigenvalue weighted by Gasteiger charge is -2.11. The second-order valence-corrected chi connectivity index (χ2v) is 7.51. The van der Waals surface area contributed by atoms with Crippen molar-refractivity contribution in [1.29, 1.82) is 0 Å². The zero-order valence-electron chi connectivity index (χ0n) is 13.4. The molecule has 25 heavy (non-hydrogen) atoms. The second-order valence-electron chi connectivity index (χ2n) is 5.47. The molecule has 3 aromatic rings. The number of hydrogen-bond acceptors (Lipinski definition) is 4. The first-order valence-corrected chi connectivity index (χ1v) is 9.09. The van der Waals surface area contributed by atoms with Crippen LogP contribution in [-0.4, -0.2) is 23.2 Å². The second kappa shape index (κ2) is 6.45. The van der Waals surface area contributed by atoms with Crippen LogP contribution in [0.3, 0.4) is 0 Å². The van der Waals surface area contributed by atoms with Crippen molar-refractivity contribution in [3.8, 4) is 5.82 Å².